The number of aliphatic hydroxyl groups excluding tert-OH is 1. The van der Waals surface area contributed by atoms with Crippen LogP contribution in [-0.2, 0) is 6.42 Å². The normalized spacial score (nSPS) is 15.3. The summed E-state index contributed by atoms with van der Waals surface area (Å²) < 4.78 is 0. The van der Waals surface area contributed by atoms with E-state index in [0.717, 1.165) is 31.4 Å². The molecule has 21 heavy (non-hydrogen) atoms. The average molecular weight is 289 g/mol. The number of benzene rings is 1. The second-order valence-electron chi connectivity index (χ2n) is 6.49. The third-order valence-electron chi connectivity index (χ3n) is 4.70. The van der Waals surface area contributed by atoms with Crippen LogP contribution in [0.1, 0.15) is 75.5 Å². The van der Waals surface area contributed by atoms with Crippen molar-refractivity contribution in [2.45, 2.75) is 70.8 Å². The number of fused-ring (bicyclic) bond motifs is 1. The predicted octanol–water partition coefficient (Wildman–Crippen LogP) is 4.85. The Bertz CT molecular complexity index is 430. The molecule has 1 aliphatic rings. The number of aliphatic hydroxyl groups is 1. The van der Waals surface area contributed by atoms with Crippen molar-refractivity contribution in [2.24, 2.45) is 0 Å². The molecule has 0 aromatic heterocycles. The van der Waals surface area contributed by atoms with Crippen molar-refractivity contribution in [2.75, 3.05) is 18.5 Å². The van der Waals surface area contributed by atoms with E-state index in [4.69, 9.17) is 0 Å². The summed E-state index contributed by atoms with van der Waals surface area (Å²) in [5.41, 5.74) is 3.84. The Labute approximate surface area is 130 Å². The van der Waals surface area contributed by atoms with E-state index in [0.29, 0.717) is 0 Å². The fourth-order valence-corrected chi connectivity index (χ4v) is 3.26. The third kappa shape index (κ3) is 4.74. The summed E-state index contributed by atoms with van der Waals surface area (Å²) in [7, 11) is 2.14. The molecule has 1 unspecified atom stereocenters. The lowest BCUT2D eigenvalue weighted by Gasteiger charge is -2.15. The van der Waals surface area contributed by atoms with E-state index in [9.17, 15) is 5.11 Å². The molecule has 1 N–H and O–H groups in total. The van der Waals surface area contributed by atoms with E-state index >= 15 is 0 Å². The Hall–Kier alpha value is -1.02. The van der Waals surface area contributed by atoms with Gasteiger partial charge in [0.25, 0.3) is 0 Å². The fourth-order valence-electron chi connectivity index (χ4n) is 3.26. The van der Waals surface area contributed by atoms with Gasteiger partial charge in [0.05, 0.1) is 6.10 Å². The zero-order valence-corrected chi connectivity index (χ0v) is 13.8. The van der Waals surface area contributed by atoms with Gasteiger partial charge < -0.3 is 10.0 Å². The van der Waals surface area contributed by atoms with Gasteiger partial charge in [0, 0.05) is 19.3 Å². The first-order valence-electron chi connectivity index (χ1n) is 8.74. The maximum atomic E-state index is 10.3. The largest absolute Gasteiger partial charge is 0.388 e. The Morgan fingerprint density at radius 1 is 1.10 bits per heavy atom. The number of rotatable bonds is 9. The molecular weight excluding hydrogens is 258 g/mol. The average Bonchev–Trinajstić information content (AvgIpc) is 2.87. The van der Waals surface area contributed by atoms with Gasteiger partial charge in [-0.3, -0.25) is 0 Å². The summed E-state index contributed by atoms with van der Waals surface area (Å²) in [6, 6.07) is 6.49. The molecule has 118 valence electrons. The number of hydrogen-bond donors (Lipinski definition) is 1. The number of anilines is 1. The minimum atomic E-state index is -0.281. The molecule has 0 radical (unpaired) electrons. The van der Waals surface area contributed by atoms with Gasteiger partial charge in [-0.1, -0.05) is 64.0 Å². The number of likely N-dealkylation sites (N-methyl/N-ethyl adjacent to an activating group) is 1. The first kappa shape index (κ1) is 16.4. The summed E-state index contributed by atoms with van der Waals surface area (Å²) in [5.74, 6) is 0. The van der Waals surface area contributed by atoms with Crippen molar-refractivity contribution in [1.82, 2.24) is 0 Å². The third-order valence-corrected chi connectivity index (χ3v) is 4.70. The molecule has 2 heteroatoms. The standard InChI is InChI=1S/C19H31NO/c1-3-4-5-6-7-8-9-10-19(21)17-11-12-18-16(15-17)13-14-20(18)2/h11-12,15,19,21H,3-10,13-14H2,1-2H3. The van der Waals surface area contributed by atoms with E-state index in [-0.39, 0.29) is 6.10 Å². The SMILES string of the molecule is CCCCCCCCCC(O)c1ccc2c(c1)CCN2C. The molecule has 1 aliphatic heterocycles. The van der Waals surface area contributed by atoms with Crippen LogP contribution in [0.15, 0.2) is 18.2 Å². The summed E-state index contributed by atoms with van der Waals surface area (Å²) in [6.07, 6.45) is 10.9. The van der Waals surface area contributed by atoms with Crippen molar-refractivity contribution in [3.63, 3.8) is 0 Å². The maximum absolute atomic E-state index is 10.3. The summed E-state index contributed by atoms with van der Waals surface area (Å²) >= 11 is 0. The van der Waals surface area contributed by atoms with Crippen molar-refractivity contribution in [3.05, 3.63) is 29.3 Å². The molecule has 1 aromatic carbocycles. The molecular formula is C19H31NO. The first-order chi connectivity index (χ1) is 10.2. The molecule has 1 aromatic rings. The Morgan fingerprint density at radius 2 is 1.81 bits per heavy atom. The molecule has 0 saturated carbocycles. The highest BCUT2D eigenvalue weighted by atomic mass is 16.3. The van der Waals surface area contributed by atoms with Crippen molar-refractivity contribution in [1.29, 1.82) is 0 Å². The van der Waals surface area contributed by atoms with E-state index in [1.807, 2.05) is 0 Å². The Morgan fingerprint density at radius 3 is 2.57 bits per heavy atom. The van der Waals surface area contributed by atoms with E-state index < -0.39 is 0 Å². The molecule has 1 atom stereocenters. The molecule has 1 heterocycles. The number of hydrogen-bond acceptors (Lipinski definition) is 2. The lowest BCUT2D eigenvalue weighted by atomic mass is 9.99. The van der Waals surface area contributed by atoms with Gasteiger partial charge in [0.15, 0.2) is 0 Å². The summed E-state index contributed by atoms with van der Waals surface area (Å²) in [4.78, 5) is 2.29. The number of nitrogens with zero attached hydrogens (tertiary/aromatic N) is 1. The molecule has 2 rings (SSSR count). The van der Waals surface area contributed by atoms with Crippen LogP contribution in [0.3, 0.4) is 0 Å². The van der Waals surface area contributed by atoms with Gasteiger partial charge in [-0.05, 0) is 30.0 Å². The Kier molecular flexibility index (Phi) is 6.56. The maximum Gasteiger partial charge on any atom is 0.0790 e. The molecule has 0 bridgehead atoms. The van der Waals surface area contributed by atoms with E-state index in [1.165, 1.54) is 49.8 Å². The molecule has 0 aliphatic carbocycles. The van der Waals surface area contributed by atoms with Crippen LogP contribution in [0.4, 0.5) is 5.69 Å². The highest BCUT2D eigenvalue weighted by molar-refractivity contribution is 5.58. The van der Waals surface area contributed by atoms with Crippen LogP contribution >= 0.6 is 0 Å². The monoisotopic (exact) mass is 289 g/mol. The highest BCUT2D eigenvalue weighted by Crippen LogP contribution is 2.30. The molecule has 2 nitrogen and oxygen atoms in total. The number of unbranched alkanes of at least 4 members (excludes halogenated alkanes) is 6. The van der Waals surface area contributed by atoms with Gasteiger partial charge >= 0.3 is 0 Å². The topological polar surface area (TPSA) is 23.5 Å². The summed E-state index contributed by atoms with van der Waals surface area (Å²) in [5, 5.41) is 10.3. The zero-order valence-electron chi connectivity index (χ0n) is 13.8. The van der Waals surface area contributed by atoms with Crippen LogP contribution < -0.4 is 4.90 Å². The van der Waals surface area contributed by atoms with Crippen LogP contribution in [0.25, 0.3) is 0 Å². The first-order valence-corrected chi connectivity index (χ1v) is 8.74. The second kappa shape index (κ2) is 8.43. The van der Waals surface area contributed by atoms with Crippen LogP contribution in [0.5, 0.6) is 0 Å². The van der Waals surface area contributed by atoms with Crippen molar-refractivity contribution in [3.8, 4) is 0 Å². The van der Waals surface area contributed by atoms with E-state index in [1.54, 1.807) is 0 Å². The van der Waals surface area contributed by atoms with Crippen LogP contribution in [0.2, 0.25) is 0 Å². The quantitative estimate of drug-likeness (QED) is 0.657. The molecule has 0 fully saturated rings. The summed E-state index contributed by atoms with van der Waals surface area (Å²) in [6.45, 7) is 3.36. The predicted molar refractivity (Wildman–Crippen MR) is 91.0 cm³/mol. The van der Waals surface area contributed by atoms with Gasteiger partial charge in [-0.15, -0.1) is 0 Å². The smallest absolute Gasteiger partial charge is 0.0790 e. The Balaban J connectivity index is 1.70. The van der Waals surface area contributed by atoms with Crippen LogP contribution in [0, 0.1) is 0 Å². The van der Waals surface area contributed by atoms with Gasteiger partial charge in [-0.25, -0.2) is 0 Å². The minimum Gasteiger partial charge on any atom is -0.388 e. The lowest BCUT2D eigenvalue weighted by Crippen LogP contribution is -2.12. The molecule has 0 saturated heterocycles. The second-order valence-corrected chi connectivity index (χ2v) is 6.49. The van der Waals surface area contributed by atoms with E-state index in [2.05, 4.69) is 37.1 Å². The highest BCUT2D eigenvalue weighted by Gasteiger charge is 2.17. The van der Waals surface area contributed by atoms with Gasteiger partial charge in [-0.2, -0.15) is 0 Å². The van der Waals surface area contributed by atoms with Gasteiger partial charge in [0.1, 0.15) is 0 Å². The minimum absolute atomic E-state index is 0.281. The van der Waals surface area contributed by atoms with Crippen LogP contribution in [-0.4, -0.2) is 18.7 Å². The molecule has 0 spiro atoms. The lowest BCUT2D eigenvalue weighted by molar-refractivity contribution is 0.163. The van der Waals surface area contributed by atoms with Crippen molar-refractivity contribution >= 4 is 5.69 Å². The fraction of sp³-hybridized carbons (Fsp3) is 0.684. The van der Waals surface area contributed by atoms with Gasteiger partial charge in [0.2, 0.25) is 0 Å². The molecule has 0 amide bonds. The zero-order chi connectivity index (χ0) is 15.1. The van der Waals surface area contributed by atoms with Crippen molar-refractivity contribution < 1.29 is 5.11 Å².